The highest BCUT2D eigenvalue weighted by molar-refractivity contribution is 5.54. The van der Waals surface area contributed by atoms with E-state index in [-0.39, 0.29) is 5.41 Å². The number of methoxy groups -OCH3 is 1. The largest absolute Gasteiger partial charge is 0.496 e. The molecule has 1 N–H and O–H groups in total. The molecule has 2 nitrogen and oxygen atoms in total. The highest BCUT2D eigenvalue weighted by Gasteiger charge is 2.38. The number of hydrogen-bond donors (Lipinski definition) is 1. The summed E-state index contributed by atoms with van der Waals surface area (Å²) in [5.74, 6) is 0.937. The smallest absolute Gasteiger partial charge is 0.121 e. The van der Waals surface area contributed by atoms with Gasteiger partial charge in [-0.25, -0.2) is 0 Å². The van der Waals surface area contributed by atoms with Crippen LogP contribution < -0.4 is 10.1 Å². The lowest BCUT2D eigenvalue weighted by molar-refractivity contribution is 0.337. The fraction of sp³-hybridized carbons (Fsp3) is 0.368. The van der Waals surface area contributed by atoms with Gasteiger partial charge < -0.3 is 10.1 Å². The molecule has 1 aliphatic carbocycles. The maximum absolute atomic E-state index is 5.34. The third-order valence-corrected chi connectivity index (χ3v) is 4.50. The molecule has 1 atom stereocenters. The van der Waals surface area contributed by atoms with E-state index in [0.29, 0.717) is 6.04 Å². The summed E-state index contributed by atoms with van der Waals surface area (Å²) in [6.45, 7) is 6.75. The van der Waals surface area contributed by atoms with Crippen molar-refractivity contribution in [1.82, 2.24) is 0 Å². The molecule has 0 spiro atoms. The zero-order valence-corrected chi connectivity index (χ0v) is 13.2. The maximum atomic E-state index is 5.34. The molecule has 2 aromatic carbocycles. The molecule has 0 saturated heterocycles. The molecular weight excluding hydrogens is 258 g/mol. The van der Waals surface area contributed by atoms with Crippen molar-refractivity contribution in [2.24, 2.45) is 5.41 Å². The van der Waals surface area contributed by atoms with Crippen molar-refractivity contribution in [1.29, 1.82) is 0 Å². The topological polar surface area (TPSA) is 21.3 Å². The minimum atomic E-state index is 0.220. The van der Waals surface area contributed by atoms with Crippen LogP contribution in [0, 0.1) is 12.3 Å². The van der Waals surface area contributed by atoms with Gasteiger partial charge in [0.2, 0.25) is 0 Å². The van der Waals surface area contributed by atoms with Gasteiger partial charge in [-0.15, -0.1) is 0 Å². The minimum Gasteiger partial charge on any atom is -0.496 e. The highest BCUT2D eigenvalue weighted by atomic mass is 16.5. The summed E-state index contributed by atoms with van der Waals surface area (Å²) in [6.07, 6.45) is 1.12. The summed E-state index contributed by atoms with van der Waals surface area (Å²) in [4.78, 5) is 0. The van der Waals surface area contributed by atoms with E-state index < -0.39 is 0 Å². The van der Waals surface area contributed by atoms with Crippen molar-refractivity contribution in [2.45, 2.75) is 33.2 Å². The van der Waals surface area contributed by atoms with Crippen molar-refractivity contribution in [3.63, 3.8) is 0 Å². The summed E-state index contributed by atoms with van der Waals surface area (Å²) < 4.78 is 5.34. The summed E-state index contributed by atoms with van der Waals surface area (Å²) in [5, 5.41) is 3.72. The normalized spacial score (nSPS) is 19.1. The number of hydrogen-bond acceptors (Lipinski definition) is 2. The molecule has 0 fully saturated rings. The molecule has 1 unspecified atom stereocenters. The Bertz CT molecular complexity index is 660. The molecule has 21 heavy (non-hydrogen) atoms. The van der Waals surface area contributed by atoms with Crippen molar-refractivity contribution < 1.29 is 4.74 Å². The van der Waals surface area contributed by atoms with Crippen LogP contribution in [0.4, 0.5) is 5.69 Å². The van der Waals surface area contributed by atoms with Crippen LogP contribution in [-0.2, 0) is 6.42 Å². The van der Waals surface area contributed by atoms with Crippen LogP contribution in [0.25, 0.3) is 0 Å². The number of nitrogens with one attached hydrogen (secondary N) is 1. The first kappa shape index (κ1) is 14.0. The van der Waals surface area contributed by atoms with E-state index in [1.807, 2.05) is 6.07 Å². The van der Waals surface area contributed by atoms with Crippen LogP contribution in [0.15, 0.2) is 42.5 Å². The first-order valence-electron chi connectivity index (χ1n) is 7.50. The Morgan fingerprint density at radius 1 is 1.14 bits per heavy atom. The Morgan fingerprint density at radius 3 is 2.62 bits per heavy atom. The van der Waals surface area contributed by atoms with Gasteiger partial charge >= 0.3 is 0 Å². The van der Waals surface area contributed by atoms with Gasteiger partial charge in [-0.3, -0.25) is 0 Å². The van der Waals surface area contributed by atoms with Crippen LogP contribution in [-0.4, -0.2) is 7.11 Å². The lowest BCUT2D eigenvalue weighted by atomic mass is 9.85. The van der Waals surface area contributed by atoms with Gasteiger partial charge in [0.15, 0.2) is 0 Å². The standard InChI is InChI=1S/C19H23NO/c1-13-11-15(9-10-17(13)21-4)20-18-16-8-6-5-7-14(16)12-19(18,2)3/h5-11,18,20H,12H2,1-4H3. The monoisotopic (exact) mass is 281 g/mol. The number of benzene rings is 2. The summed E-state index contributed by atoms with van der Waals surface area (Å²) in [7, 11) is 1.71. The van der Waals surface area contributed by atoms with Gasteiger partial charge in [-0.2, -0.15) is 0 Å². The molecule has 0 bridgehead atoms. The molecule has 0 heterocycles. The third-order valence-electron chi connectivity index (χ3n) is 4.50. The predicted molar refractivity (Wildman–Crippen MR) is 88.0 cm³/mol. The molecule has 0 radical (unpaired) electrons. The van der Waals surface area contributed by atoms with Crippen molar-refractivity contribution in [2.75, 3.05) is 12.4 Å². The Morgan fingerprint density at radius 2 is 1.90 bits per heavy atom. The average molecular weight is 281 g/mol. The van der Waals surface area contributed by atoms with E-state index >= 15 is 0 Å². The molecule has 2 heteroatoms. The molecule has 0 amide bonds. The van der Waals surface area contributed by atoms with Crippen molar-refractivity contribution in [3.05, 3.63) is 59.2 Å². The Hall–Kier alpha value is -1.96. The van der Waals surface area contributed by atoms with Crippen LogP contribution >= 0.6 is 0 Å². The molecule has 0 aliphatic heterocycles. The number of fused-ring (bicyclic) bond motifs is 1. The number of ether oxygens (including phenoxy) is 1. The number of anilines is 1. The SMILES string of the molecule is COc1ccc(NC2c3ccccc3CC2(C)C)cc1C. The first-order valence-corrected chi connectivity index (χ1v) is 7.50. The van der Waals surface area contributed by atoms with Crippen molar-refractivity contribution >= 4 is 5.69 Å². The highest BCUT2D eigenvalue weighted by Crippen LogP contribution is 2.46. The zero-order chi connectivity index (χ0) is 15.0. The van der Waals surface area contributed by atoms with Crippen LogP contribution in [0.2, 0.25) is 0 Å². The number of rotatable bonds is 3. The molecule has 0 aromatic heterocycles. The summed E-state index contributed by atoms with van der Waals surface area (Å²) in [5.41, 5.74) is 5.42. The average Bonchev–Trinajstić information content (AvgIpc) is 2.70. The van der Waals surface area contributed by atoms with Gasteiger partial charge in [0.05, 0.1) is 13.2 Å². The van der Waals surface area contributed by atoms with Gasteiger partial charge in [0.1, 0.15) is 5.75 Å². The van der Waals surface area contributed by atoms with Crippen LogP contribution in [0.5, 0.6) is 5.75 Å². The van der Waals surface area contributed by atoms with Gasteiger partial charge in [0.25, 0.3) is 0 Å². The Labute approximate surface area is 127 Å². The van der Waals surface area contributed by atoms with Crippen LogP contribution in [0.3, 0.4) is 0 Å². The van der Waals surface area contributed by atoms with E-state index in [9.17, 15) is 0 Å². The summed E-state index contributed by atoms with van der Waals surface area (Å²) in [6, 6.07) is 15.4. The minimum absolute atomic E-state index is 0.220. The number of aryl methyl sites for hydroxylation is 1. The second-order valence-corrected chi connectivity index (χ2v) is 6.63. The van der Waals surface area contributed by atoms with E-state index in [1.165, 1.54) is 11.1 Å². The van der Waals surface area contributed by atoms with E-state index in [1.54, 1.807) is 7.11 Å². The molecule has 1 aliphatic rings. The second kappa shape index (κ2) is 5.10. The van der Waals surface area contributed by atoms with Gasteiger partial charge in [0, 0.05) is 5.69 Å². The van der Waals surface area contributed by atoms with Crippen LogP contribution in [0.1, 0.15) is 36.6 Å². The van der Waals surface area contributed by atoms with Gasteiger partial charge in [-0.1, -0.05) is 38.1 Å². The molecular formula is C19H23NO. The van der Waals surface area contributed by atoms with Crippen molar-refractivity contribution in [3.8, 4) is 5.75 Å². The Balaban J connectivity index is 1.92. The first-order chi connectivity index (χ1) is 10.0. The fourth-order valence-electron chi connectivity index (χ4n) is 3.40. The predicted octanol–water partition coefficient (Wildman–Crippen LogP) is 4.74. The molecule has 0 saturated carbocycles. The zero-order valence-electron chi connectivity index (χ0n) is 13.2. The quantitative estimate of drug-likeness (QED) is 0.877. The van der Waals surface area contributed by atoms with E-state index in [4.69, 9.17) is 4.74 Å². The maximum Gasteiger partial charge on any atom is 0.121 e. The lowest BCUT2D eigenvalue weighted by Gasteiger charge is -2.29. The lowest BCUT2D eigenvalue weighted by Crippen LogP contribution is -2.24. The molecule has 110 valence electrons. The molecule has 3 rings (SSSR count). The Kier molecular flexibility index (Phi) is 3.40. The second-order valence-electron chi connectivity index (χ2n) is 6.63. The fourth-order valence-corrected chi connectivity index (χ4v) is 3.40. The molecule has 2 aromatic rings. The summed E-state index contributed by atoms with van der Waals surface area (Å²) >= 11 is 0. The van der Waals surface area contributed by atoms with E-state index in [2.05, 4.69) is 62.5 Å². The van der Waals surface area contributed by atoms with E-state index in [0.717, 1.165) is 23.4 Å². The van der Waals surface area contributed by atoms with Gasteiger partial charge in [-0.05, 0) is 53.6 Å². The third kappa shape index (κ3) is 2.51.